The molecule has 28 heavy (non-hydrogen) atoms. The molecule has 0 saturated carbocycles. The molecule has 2 aromatic heterocycles. The Bertz CT molecular complexity index is 990. The van der Waals surface area contributed by atoms with Gasteiger partial charge in [0.05, 0.1) is 23.5 Å². The number of hydrogen-bond donors (Lipinski definition) is 1. The summed E-state index contributed by atoms with van der Waals surface area (Å²) >= 11 is 0. The molecule has 10 heteroatoms. The molecule has 1 aromatic carbocycles. The van der Waals surface area contributed by atoms with E-state index in [0.717, 1.165) is 11.3 Å². The maximum atomic E-state index is 12.6. The molecule has 0 saturated heterocycles. The van der Waals surface area contributed by atoms with Crippen molar-refractivity contribution in [3.63, 3.8) is 0 Å². The van der Waals surface area contributed by atoms with Crippen molar-refractivity contribution in [1.29, 1.82) is 0 Å². The zero-order valence-corrected chi connectivity index (χ0v) is 15.2. The van der Waals surface area contributed by atoms with Gasteiger partial charge < -0.3 is 10.3 Å². The van der Waals surface area contributed by atoms with Crippen LogP contribution < -0.4 is 5.73 Å². The minimum absolute atomic E-state index is 0.142. The fourth-order valence-electron chi connectivity index (χ4n) is 2.96. The van der Waals surface area contributed by atoms with Crippen molar-refractivity contribution in [2.75, 3.05) is 0 Å². The van der Waals surface area contributed by atoms with Gasteiger partial charge in [0.15, 0.2) is 0 Å². The monoisotopic (exact) mass is 393 g/mol. The minimum atomic E-state index is -4.68. The number of primary amides is 1. The van der Waals surface area contributed by atoms with E-state index in [4.69, 9.17) is 5.73 Å². The number of amides is 1. The van der Waals surface area contributed by atoms with Gasteiger partial charge >= 0.3 is 12.1 Å². The van der Waals surface area contributed by atoms with Crippen LogP contribution >= 0.6 is 0 Å². The molecule has 2 N–H and O–H groups in total. The van der Waals surface area contributed by atoms with E-state index in [1.54, 1.807) is 28.9 Å². The first-order valence-electron chi connectivity index (χ1n) is 8.63. The van der Waals surface area contributed by atoms with E-state index in [0.29, 0.717) is 36.2 Å². The van der Waals surface area contributed by atoms with Crippen LogP contribution in [0.25, 0.3) is 11.4 Å². The summed E-state index contributed by atoms with van der Waals surface area (Å²) in [6.07, 6.45) is -3.51. The van der Waals surface area contributed by atoms with Crippen molar-refractivity contribution in [3.05, 3.63) is 52.7 Å². The van der Waals surface area contributed by atoms with Crippen LogP contribution in [0.4, 0.5) is 13.2 Å². The van der Waals surface area contributed by atoms with Gasteiger partial charge in [0, 0.05) is 5.56 Å². The molecule has 0 unspecified atom stereocenters. The van der Waals surface area contributed by atoms with E-state index in [-0.39, 0.29) is 5.82 Å². The van der Waals surface area contributed by atoms with E-state index in [1.165, 1.54) is 0 Å². The highest BCUT2D eigenvalue weighted by Crippen LogP contribution is 2.29. The van der Waals surface area contributed by atoms with Gasteiger partial charge in [0.25, 0.3) is 5.91 Å². The van der Waals surface area contributed by atoms with Gasteiger partial charge in [-0.1, -0.05) is 43.3 Å². The Morgan fingerprint density at radius 2 is 1.86 bits per heavy atom. The van der Waals surface area contributed by atoms with Crippen LogP contribution in [0.2, 0.25) is 0 Å². The number of benzene rings is 1. The lowest BCUT2D eigenvalue weighted by atomic mass is 10.1. The number of halogens is 3. The summed E-state index contributed by atoms with van der Waals surface area (Å²) in [6, 6.07) is 6.67. The molecule has 3 aromatic rings. The molecular formula is C18H18F3N5O2. The van der Waals surface area contributed by atoms with Crippen LogP contribution in [-0.2, 0) is 25.6 Å². The number of nitrogens with zero attached hydrogens (tertiary/aromatic N) is 4. The van der Waals surface area contributed by atoms with Crippen LogP contribution in [-0.4, -0.2) is 25.8 Å². The summed E-state index contributed by atoms with van der Waals surface area (Å²) in [6.45, 7) is 4.20. The third kappa shape index (κ3) is 3.75. The number of carbonyl (C=O) groups is 1. The molecule has 2 heterocycles. The predicted octanol–water partition coefficient (Wildman–Crippen LogP) is 3.22. The van der Waals surface area contributed by atoms with Crippen molar-refractivity contribution in [3.8, 4) is 11.4 Å². The Kier molecular flexibility index (Phi) is 5.21. The lowest BCUT2D eigenvalue weighted by Gasteiger charge is -2.07. The number of rotatable bonds is 6. The normalized spacial score (nSPS) is 11.8. The third-order valence-electron chi connectivity index (χ3n) is 4.26. The van der Waals surface area contributed by atoms with Crippen LogP contribution in [0.3, 0.4) is 0 Å². The van der Waals surface area contributed by atoms with E-state index in [2.05, 4.69) is 19.8 Å². The van der Waals surface area contributed by atoms with Crippen LogP contribution in [0, 0.1) is 0 Å². The average molecular weight is 393 g/mol. The minimum Gasteiger partial charge on any atom is -0.365 e. The lowest BCUT2D eigenvalue weighted by Crippen LogP contribution is -2.15. The quantitative estimate of drug-likeness (QED) is 0.693. The summed E-state index contributed by atoms with van der Waals surface area (Å²) < 4.78 is 43.7. The molecule has 7 nitrogen and oxygen atoms in total. The van der Waals surface area contributed by atoms with Gasteiger partial charge in [-0.3, -0.25) is 9.48 Å². The summed E-state index contributed by atoms with van der Waals surface area (Å²) in [4.78, 5) is 15.1. The smallest absolute Gasteiger partial charge is 0.365 e. The van der Waals surface area contributed by atoms with Crippen molar-refractivity contribution < 1.29 is 22.5 Å². The largest absolute Gasteiger partial charge is 0.471 e. The predicted molar refractivity (Wildman–Crippen MR) is 93.3 cm³/mol. The van der Waals surface area contributed by atoms with Gasteiger partial charge in [-0.05, 0) is 18.4 Å². The molecule has 0 aliphatic carbocycles. The lowest BCUT2D eigenvalue weighted by molar-refractivity contribution is -0.159. The average Bonchev–Trinajstić information content (AvgIpc) is 3.26. The highest BCUT2D eigenvalue weighted by Gasteiger charge is 2.38. The van der Waals surface area contributed by atoms with E-state index in [9.17, 15) is 18.0 Å². The molecule has 3 rings (SSSR count). The first-order valence-corrected chi connectivity index (χ1v) is 8.63. The van der Waals surface area contributed by atoms with Crippen LogP contribution in [0.1, 0.15) is 47.0 Å². The van der Waals surface area contributed by atoms with Gasteiger partial charge in [0.1, 0.15) is 0 Å². The van der Waals surface area contributed by atoms with Gasteiger partial charge in [-0.25, -0.2) is 0 Å². The number of nitrogens with two attached hydrogens (primary N) is 1. The zero-order chi connectivity index (χ0) is 20.5. The maximum absolute atomic E-state index is 12.6. The van der Waals surface area contributed by atoms with Gasteiger partial charge in [-0.2, -0.15) is 23.3 Å². The number of carbonyl (C=O) groups excluding carboxylic acids is 1. The summed E-state index contributed by atoms with van der Waals surface area (Å²) in [7, 11) is 0. The Labute approximate surface area is 158 Å². The van der Waals surface area contributed by atoms with Gasteiger partial charge in [0.2, 0.25) is 5.82 Å². The second-order valence-corrected chi connectivity index (χ2v) is 6.12. The highest BCUT2D eigenvalue weighted by molar-refractivity contribution is 5.95. The molecule has 0 aliphatic rings. The zero-order valence-electron chi connectivity index (χ0n) is 15.2. The Morgan fingerprint density at radius 1 is 1.18 bits per heavy atom. The van der Waals surface area contributed by atoms with Crippen molar-refractivity contribution in [2.45, 2.75) is 39.4 Å². The molecule has 0 atom stereocenters. The standard InChI is InChI=1S/C18H18F3N5O2/c1-3-12-14(15(22)27)13(4-2)26(24-12)9-10-5-7-11(8-6-10)16-23-17(28-25-16)18(19,20)21/h5-8H,3-4,9H2,1-2H3,(H2,22,27). The van der Waals surface area contributed by atoms with E-state index < -0.39 is 18.0 Å². The Morgan fingerprint density at radius 3 is 2.36 bits per heavy atom. The molecule has 0 bridgehead atoms. The summed E-state index contributed by atoms with van der Waals surface area (Å²) in [5.41, 5.74) is 8.59. The van der Waals surface area contributed by atoms with Crippen molar-refractivity contribution in [2.24, 2.45) is 5.73 Å². The molecule has 1 amide bonds. The molecule has 0 fully saturated rings. The molecule has 148 valence electrons. The van der Waals surface area contributed by atoms with Crippen molar-refractivity contribution in [1.82, 2.24) is 19.9 Å². The van der Waals surface area contributed by atoms with Gasteiger partial charge in [-0.15, -0.1) is 0 Å². The number of alkyl halides is 3. The molecule has 0 radical (unpaired) electrons. The number of aromatic nitrogens is 4. The SMILES string of the molecule is CCc1nn(Cc2ccc(-c3noc(C(F)(F)F)n3)cc2)c(CC)c1C(N)=O. The first kappa shape index (κ1) is 19.6. The summed E-state index contributed by atoms with van der Waals surface area (Å²) in [5, 5.41) is 7.84. The van der Waals surface area contributed by atoms with Crippen LogP contribution in [0.5, 0.6) is 0 Å². The second-order valence-electron chi connectivity index (χ2n) is 6.12. The fraction of sp³-hybridized carbons (Fsp3) is 0.333. The number of aryl methyl sites for hydroxylation is 1. The fourth-order valence-corrected chi connectivity index (χ4v) is 2.96. The topological polar surface area (TPSA) is 99.8 Å². The van der Waals surface area contributed by atoms with E-state index >= 15 is 0 Å². The molecular weight excluding hydrogens is 375 g/mol. The molecule has 0 aliphatic heterocycles. The highest BCUT2D eigenvalue weighted by atomic mass is 19.4. The van der Waals surface area contributed by atoms with E-state index in [1.807, 2.05) is 13.8 Å². The van der Waals surface area contributed by atoms with Crippen molar-refractivity contribution >= 4 is 5.91 Å². The van der Waals surface area contributed by atoms with Crippen LogP contribution in [0.15, 0.2) is 28.8 Å². The Hall–Kier alpha value is -3.17. The second kappa shape index (κ2) is 7.45. The maximum Gasteiger partial charge on any atom is 0.471 e. The first-order chi connectivity index (χ1) is 13.2. The molecule has 0 spiro atoms. The Balaban J connectivity index is 1.85. The number of hydrogen-bond acceptors (Lipinski definition) is 5. The third-order valence-corrected chi connectivity index (χ3v) is 4.26. The summed E-state index contributed by atoms with van der Waals surface area (Å²) in [5.74, 6) is -2.04.